The number of hydrogen-bond acceptors (Lipinski definition) is 3. The van der Waals surface area contributed by atoms with Crippen molar-refractivity contribution in [1.82, 2.24) is 0 Å². The first-order valence-electron chi connectivity index (χ1n) is 7.41. The second kappa shape index (κ2) is 3.61. The summed E-state index contributed by atoms with van der Waals surface area (Å²) in [7, 11) is 0. The van der Waals surface area contributed by atoms with Crippen molar-refractivity contribution in [3.8, 4) is 6.07 Å². The number of nitrogens with zero attached hydrogens (tertiary/aromatic N) is 1. The SMILES string of the molecule is CC(C)[C@H]1CC[C@]23O[C@H](C[C@]12C)[C@](C)(C#N)CC3=O. The summed E-state index contributed by atoms with van der Waals surface area (Å²) in [4.78, 5) is 12.7. The summed E-state index contributed by atoms with van der Waals surface area (Å²) in [6, 6.07) is 2.34. The maximum Gasteiger partial charge on any atom is 0.166 e. The Balaban J connectivity index is 2.07. The number of carbonyl (C=O) groups excluding carboxylic acids is 1. The Morgan fingerprint density at radius 2 is 2.11 bits per heavy atom. The number of ketones is 1. The zero-order valence-electron chi connectivity index (χ0n) is 12.3. The van der Waals surface area contributed by atoms with Crippen molar-refractivity contribution in [1.29, 1.82) is 5.26 Å². The summed E-state index contributed by atoms with van der Waals surface area (Å²) >= 11 is 0. The predicted octanol–water partition coefficient (Wildman–Crippen LogP) is 3.09. The minimum absolute atomic E-state index is 0.0678. The van der Waals surface area contributed by atoms with Crippen LogP contribution in [-0.4, -0.2) is 17.5 Å². The standard InChI is InChI=1S/C16H23NO2/c1-10(2)11-5-6-16-12(18)7-14(3,9-17)13(19-16)8-15(11,16)4/h10-11,13H,5-8H2,1-4H3/t11-,13-,14+,15-,16-/m1/s1. The Labute approximate surface area is 115 Å². The molecule has 2 bridgehead atoms. The van der Waals surface area contributed by atoms with Gasteiger partial charge < -0.3 is 4.74 Å². The van der Waals surface area contributed by atoms with Gasteiger partial charge in [0.2, 0.25) is 0 Å². The number of hydrogen-bond donors (Lipinski definition) is 0. The van der Waals surface area contributed by atoms with E-state index in [1.165, 1.54) is 0 Å². The van der Waals surface area contributed by atoms with Crippen molar-refractivity contribution in [2.75, 3.05) is 0 Å². The Hall–Kier alpha value is -0.880. The Morgan fingerprint density at radius 3 is 2.68 bits per heavy atom. The molecule has 104 valence electrons. The van der Waals surface area contributed by atoms with Gasteiger partial charge in [-0.25, -0.2) is 0 Å². The van der Waals surface area contributed by atoms with Gasteiger partial charge in [0.15, 0.2) is 5.78 Å². The number of nitriles is 1. The molecule has 0 aromatic carbocycles. The van der Waals surface area contributed by atoms with Gasteiger partial charge in [0, 0.05) is 11.8 Å². The van der Waals surface area contributed by atoms with Crippen LogP contribution in [0.2, 0.25) is 0 Å². The lowest BCUT2D eigenvalue weighted by Crippen LogP contribution is -2.53. The van der Waals surface area contributed by atoms with E-state index in [9.17, 15) is 10.1 Å². The van der Waals surface area contributed by atoms with Crippen molar-refractivity contribution in [3.05, 3.63) is 0 Å². The molecule has 2 saturated heterocycles. The van der Waals surface area contributed by atoms with Gasteiger partial charge in [0.1, 0.15) is 5.60 Å². The van der Waals surface area contributed by atoms with Gasteiger partial charge in [-0.05, 0) is 38.0 Å². The lowest BCUT2D eigenvalue weighted by Gasteiger charge is -2.42. The molecule has 1 spiro atoms. The van der Waals surface area contributed by atoms with Crippen LogP contribution in [0, 0.1) is 34.0 Å². The quantitative estimate of drug-likeness (QED) is 0.728. The number of Topliss-reactive ketones (excluding diaryl/α,β-unsaturated/α-hetero) is 1. The lowest BCUT2D eigenvalue weighted by molar-refractivity contribution is -0.171. The molecule has 2 heterocycles. The van der Waals surface area contributed by atoms with Crippen LogP contribution < -0.4 is 0 Å². The maximum atomic E-state index is 12.7. The molecular weight excluding hydrogens is 238 g/mol. The van der Waals surface area contributed by atoms with Gasteiger partial charge in [-0.15, -0.1) is 0 Å². The van der Waals surface area contributed by atoms with Crippen LogP contribution in [0.4, 0.5) is 0 Å². The normalized spacial score (nSPS) is 52.3. The average Bonchev–Trinajstić information content (AvgIpc) is 2.75. The molecule has 0 aromatic heterocycles. The van der Waals surface area contributed by atoms with E-state index in [1.54, 1.807) is 0 Å². The van der Waals surface area contributed by atoms with Gasteiger partial charge in [0.05, 0.1) is 17.6 Å². The molecule has 5 atom stereocenters. The molecule has 0 amide bonds. The zero-order chi connectivity index (χ0) is 14.1. The molecule has 1 saturated carbocycles. The van der Waals surface area contributed by atoms with Crippen molar-refractivity contribution in [3.63, 3.8) is 0 Å². The summed E-state index contributed by atoms with van der Waals surface area (Å²) in [6.07, 6.45) is 3.10. The molecular formula is C16H23NO2. The summed E-state index contributed by atoms with van der Waals surface area (Å²) < 4.78 is 6.24. The van der Waals surface area contributed by atoms with E-state index in [2.05, 4.69) is 26.8 Å². The number of ether oxygens (including phenoxy) is 1. The van der Waals surface area contributed by atoms with E-state index >= 15 is 0 Å². The summed E-state index contributed by atoms with van der Waals surface area (Å²) in [5.41, 5.74) is -1.28. The van der Waals surface area contributed by atoms with Crippen LogP contribution in [-0.2, 0) is 9.53 Å². The fourth-order valence-electron chi connectivity index (χ4n) is 5.09. The van der Waals surface area contributed by atoms with Crippen LogP contribution in [0.5, 0.6) is 0 Å². The first-order chi connectivity index (χ1) is 8.79. The van der Waals surface area contributed by atoms with Crippen LogP contribution in [0.3, 0.4) is 0 Å². The van der Waals surface area contributed by atoms with Gasteiger partial charge in [0.25, 0.3) is 0 Å². The fraction of sp³-hybridized carbons (Fsp3) is 0.875. The maximum absolute atomic E-state index is 12.7. The Morgan fingerprint density at radius 1 is 1.42 bits per heavy atom. The molecule has 0 aromatic rings. The van der Waals surface area contributed by atoms with Crippen molar-refractivity contribution >= 4 is 5.78 Å². The molecule has 3 heteroatoms. The van der Waals surface area contributed by atoms with Crippen molar-refractivity contribution < 1.29 is 9.53 Å². The van der Waals surface area contributed by atoms with Crippen LogP contribution in [0.25, 0.3) is 0 Å². The number of carbonyl (C=O) groups is 1. The van der Waals surface area contributed by atoms with E-state index in [0.717, 1.165) is 19.3 Å². The van der Waals surface area contributed by atoms with E-state index in [-0.39, 0.29) is 17.3 Å². The van der Waals surface area contributed by atoms with Crippen molar-refractivity contribution in [2.24, 2.45) is 22.7 Å². The van der Waals surface area contributed by atoms with Gasteiger partial charge in [-0.1, -0.05) is 20.8 Å². The number of rotatable bonds is 1. The van der Waals surface area contributed by atoms with Crippen molar-refractivity contribution in [2.45, 2.75) is 65.1 Å². The second-order valence-electron chi connectivity index (χ2n) is 7.57. The monoisotopic (exact) mass is 261 g/mol. The third-order valence-corrected chi connectivity index (χ3v) is 6.25. The summed E-state index contributed by atoms with van der Waals surface area (Å²) in [5, 5.41) is 9.43. The van der Waals surface area contributed by atoms with E-state index < -0.39 is 11.0 Å². The average molecular weight is 261 g/mol. The third kappa shape index (κ3) is 1.34. The Bertz CT molecular complexity index is 480. The van der Waals surface area contributed by atoms with E-state index in [1.807, 2.05) is 6.92 Å². The highest BCUT2D eigenvalue weighted by atomic mass is 16.5. The predicted molar refractivity (Wildman–Crippen MR) is 71.2 cm³/mol. The third-order valence-electron chi connectivity index (χ3n) is 6.25. The highest BCUT2D eigenvalue weighted by Gasteiger charge is 2.72. The fourth-order valence-corrected chi connectivity index (χ4v) is 5.09. The highest BCUT2D eigenvalue weighted by Crippen LogP contribution is 2.67. The molecule has 3 rings (SSSR count). The first-order valence-corrected chi connectivity index (χ1v) is 7.41. The molecule has 0 N–H and O–H groups in total. The van der Waals surface area contributed by atoms with Gasteiger partial charge in [-0.2, -0.15) is 5.26 Å². The molecule has 3 fully saturated rings. The molecule has 2 aliphatic heterocycles. The Kier molecular flexibility index (Phi) is 2.49. The second-order valence-corrected chi connectivity index (χ2v) is 7.57. The van der Waals surface area contributed by atoms with Crippen LogP contribution in [0.15, 0.2) is 0 Å². The molecule has 1 aliphatic carbocycles. The minimum Gasteiger partial charge on any atom is -0.362 e. The zero-order valence-corrected chi connectivity index (χ0v) is 12.3. The highest BCUT2D eigenvalue weighted by molar-refractivity contribution is 5.91. The largest absolute Gasteiger partial charge is 0.362 e. The summed E-state index contributed by atoms with van der Waals surface area (Å²) in [6.45, 7) is 8.60. The molecule has 0 radical (unpaired) electrons. The molecule has 0 unspecified atom stereocenters. The lowest BCUT2D eigenvalue weighted by atomic mass is 9.66. The van der Waals surface area contributed by atoms with Crippen LogP contribution >= 0.6 is 0 Å². The van der Waals surface area contributed by atoms with Gasteiger partial charge in [-0.3, -0.25) is 4.79 Å². The molecule has 3 nitrogen and oxygen atoms in total. The first kappa shape index (κ1) is 13.1. The minimum atomic E-state index is -0.628. The van der Waals surface area contributed by atoms with Gasteiger partial charge >= 0.3 is 0 Å². The number of fused-ring (bicyclic) bond motifs is 1. The topological polar surface area (TPSA) is 50.1 Å². The smallest absolute Gasteiger partial charge is 0.166 e. The molecule has 19 heavy (non-hydrogen) atoms. The van der Waals surface area contributed by atoms with E-state index in [0.29, 0.717) is 18.3 Å². The summed E-state index contributed by atoms with van der Waals surface area (Å²) in [5.74, 6) is 1.27. The van der Waals surface area contributed by atoms with E-state index in [4.69, 9.17) is 4.74 Å². The molecule has 3 aliphatic rings. The van der Waals surface area contributed by atoms with Crippen LogP contribution in [0.1, 0.15) is 53.4 Å².